The van der Waals surface area contributed by atoms with E-state index in [0.717, 1.165) is 5.56 Å². The maximum Gasteiger partial charge on any atom is 0.254 e. The number of nitrogens with one attached hydrogen (secondary N) is 1. The number of benzene rings is 1. The summed E-state index contributed by atoms with van der Waals surface area (Å²) in [5, 5.41) is 4.06. The van der Waals surface area contributed by atoms with Crippen LogP contribution in [0, 0.1) is 0 Å². The molecule has 0 saturated carbocycles. The Morgan fingerprint density at radius 1 is 1.33 bits per heavy atom. The third kappa shape index (κ3) is 2.82. The fraction of sp³-hybridized carbons (Fsp3) is 0.154. The molecule has 1 heterocycles. The molecule has 0 amide bonds. The molecule has 1 aromatic heterocycles. The lowest BCUT2D eigenvalue weighted by Crippen LogP contribution is -2.21. The molecule has 0 bridgehead atoms. The lowest BCUT2D eigenvalue weighted by Gasteiger charge is -2.07. The first kappa shape index (κ1) is 12.0. The van der Waals surface area contributed by atoms with E-state index in [9.17, 15) is 4.79 Å². The SMILES string of the molecule is CCn1c(NN=Cc2ccccc2)nccc1=O. The molecule has 92 valence electrons. The number of aromatic nitrogens is 2. The topological polar surface area (TPSA) is 59.3 Å². The highest BCUT2D eigenvalue weighted by atomic mass is 16.1. The Labute approximate surface area is 105 Å². The number of hydrogen-bond donors (Lipinski definition) is 1. The van der Waals surface area contributed by atoms with Crippen molar-refractivity contribution in [2.24, 2.45) is 5.10 Å². The Kier molecular flexibility index (Phi) is 3.86. The third-order valence-electron chi connectivity index (χ3n) is 2.43. The van der Waals surface area contributed by atoms with Crippen LogP contribution in [0.5, 0.6) is 0 Å². The Hall–Kier alpha value is -2.43. The van der Waals surface area contributed by atoms with E-state index in [1.807, 2.05) is 37.3 Å². The van der Waals surface area contributed by atoms with E-state index < -0.39 is 0 Å². The van der Waals surface area contributed by atoms with Crippen molar-refractivity contribution in [2.45, 2.75) is 13.5 Å². The van der Waals surface area contributed by atoms with Crippen molar-refractivity contribution < 1.29 is 0 Å². The molecule has 0 saturated heterocycles. The molecule has 1 N–H and O–H groups in total. The second-order valence-electron chi connectivity index (χ2n) is 3.63. The van der Waals surface area contributed by atoms with Gasteiger partial charge in [-0.1, -0.05) is 30.3 Å². The van der Waals surface area contributed by atoms with Gasteiger partial charge in [0, 0.05) is 18.8 Å². The fourth-order valence-corrected chi connectivity index (χ4v) is 1.53. The summed E-state index contributed by atoms with van der Waals surface area (Å²) < 4.78 is 1.52. The largest absolute Gasteiger partial charge is 0.278 e. The van der Waals surface area contributed by atoms with E-state index in [1.54, 1.807) is 6.21 Å². The summed E-state index contributed by atoms with van der Waals surface area (Å²) in [5.41, 5.74) is 3.66. The highest BCUT2D eigenvalue weighted by Crippen LogP contribution is 1.99. The van der Waals surface area contributed by atoms with Crippen LogP contribution < -0.4 is 11.0 Å². The quantitative estimate of drug-likeness (QED) is 0.656. The molecule has 5 heteroatoms. The standard InChI is InChI=1S/C13H14N4O/c1-2-17-12(18)8-9-14-13(17)16-15-10-11-6-4-3-5-7-11/h3-10H,2H2,1H3,(H,14,16). The first-order chi connectivity index (χ1) is 8.81. The van der Waals surface area contributed by atoms with Gasteiger partial charge in [-0.05, 0) is 12.5 Å². The van der Waals surface area contributed by atoms with Gasteiger partial charge < -0.3 is 0 Å². The van der Waals surface area contributed by atoms with Crippen LogP contribution in [0.3, 0.4) is 0 Å². The first-order valence-corrected chi connectivity index (χ1v) is 5.71. The van der Waals surface area contributed by atoms with Crippen molar-refractivity contribution in [1.29, 1.82) is 0 Å². The Morgan fingerprint density at radius 2 is 2.11 bits per heavy atom. The van der Waals surface area contributed by atoms with Gasteiger partial charge in [-0.25, -0.2) is 10.4 Å². The molecule has 0 fully saturated rings. The van der Waals surface area contributed by atoms with Gasteiger partial charge >= 0.3 is 0 Å². The van der Waals surface area contributed by atoms with Gasteiger partial charge in [0.15, 0.2) is 0 Å². The zero-order valence-electron chi connectivity index (χ0n) is 10.1. The van der Waals surface area contributed by atoms with E-state index in [-0.39, 0.29) is 5.56 Å². The van der Waals surface area contributed by atoms with Crippen LogP contribution in [0.4, 0.5) is 5.95 Å². The summed E-state index contributed by atoms with van der Waals surface area (Å²) in [6.07, 6.45) is 3.15. The second kappa shape index (κ2) is 5.77. The minimum atomic E-state index is -0.0927. The Bertz CT molecular complexity index is 589. The summed E-state index contributed by atoms with van der Waals surface area (Å²) >= 11 is 0. The Morgan fingerprint density at radius 3 is 2.83 bits per heavy atom. The Balaban J connectivity index is 2.14. The number of hydrazone groups is 1. The van der Waals surface area contributed by atoms with Crippen molar-refractivity contribution in [3.63, 3.8) is 0 Å². The molecule has 5 nitrogen and oxygen atoms in total. The highest BCUT2D eigenvalue weighted by Gasteiger charge is 2.00. The monoisotopic (exact) mass is 242 g/mol. The molecule has 0 unspecified atom stereocenters. The van der Waals surface area contributed by atoms with E-state index in [0.29, 0.717) is 12.5 Å². The summed E-state index contributed by atoms with van der Waals surface area (Å²) in [5.74, 6) is 0.442. The molecule has 0 aliphatic heterocycles. The molecule has 0 aliphatic carbocycles. The van der Waals surface area contributed by atoms with Gasteiger partial charge in [-0.2, -0.15) is 5.10 Å². The maximum absolute atomic E-state index is 11.5. The van der Waals surface area contributed by atoms with Crippen LogP contribution in [0.1, 0.15) is 12.5 Å². The summed E-state index contributed by atoms with van der Waals surface area (Å²) in [6.45, 7) is 2.44. The van der Waals surface area contributed by atoms with Crippen molar-refractivity contribution in [3.8, 4) is 0 Å². The third-order valence-corrected chi connectivity index (χ3v) is 2.43. The zero-order chi connectivity index (χ0) is 12.8. The average molecular weight is 242 g/mol. The number of anilines is 1. The smallest absolute Gasteiger partial charge is 0.254 e. The van der Waals surface area contributed by atoms with Crippen LogP contribution in [0.25, 0.3) is 0 Å². The lowest BCUT2D eigenvalue weighted by molar-refractivity contribution is 0.714. The normalized spacial score (nSPS) is 10.7. The summed E-state index contributed by atoms with van der Waals surface area (Å²) in [4.78, 5) is 15.6. The molecule has 18 heavy (non-hydrogen) atoms. The van der Waals surface area contributed by atoms with Gasteiger partial charge in [-0.3, -0.25) is 9.36 Å². The predicted octanol–water partition coefficient (Wildman–Crippen LogP) is 1.71. The van der Waals surface area contributed by atoms with Crippen LogP contribution in [0.15, 0.2) is 52.5 Å². The predicted molar refractivity (Wildman–Crippen MR) is 71.8 cm³/mol. The summed E-state index contributed by atoms with van der Waals surface area (Å²) in [6, 6.07) is 11.1. The van der Waals surface area contributed by atoms with Crippen LogP contribution >= 0.6 is 0 Å². The molecule has 2 aromatic rings. The fourth-order valence-electron chi connectivity index (χ4n) is 1.53. The zero-order valence-corrected chi connectivity index (χ0v) is 10.1. The van der Waals surface area contributed by atoms with E-state index in [4.69, 9.17) is 0 Å². The number of rotatable bonds is 4. The lowest BCUT2D eigenvalue weighted by atomic mass is 10.2. The second-order valence-corrected chi connectivity index (χ2v) is 3.63. The van der Waals surface area contributed by atoms with Crippen molar-refractivity contribution in [1.82, 2.24) is 9.55 Å². The maximum atomic E-state index is 11.5. The summed E-state index contributed by atoms with van der Waals surface area (Å²) in [7, 11) is 0. The molecule has 0 atom stereocenters. The average Bonchev–Trinajstić information content (AvgIpc) is 2.40. The van der Waals surface area contributed by atoms with Gasteiger partial charge in [0.1, 0.15) is 0 Å². The highest BCUT2D eigenvalue weighted by molar-refractivity contribution is 5.79. The molecule has 0 spiro atoms. The van der Waals surface area contributed by atoms with E-state index >= 15 is 0 Å². The van der Waals surface area contributed by atoms with Crippen LogP contribution in [0.2, 0.25) is 0 Å². The molecule has 2 rings (SSSR count). The minimum absolute atomic E-state index is 0.0927. The van der Waals surface area contributed by atoms with Crippen molar-refractivity contribution in [3.05, 3.63) is 58.5 Å². The molecule has 0 radical (unpaired) electrons. The molecule has 0 aliphatic rings. The number of nitrogens with zero attached hydrogens (tertiary/aromatic N) is 3. The van der Waals surface area contributed by atoms with Crippen LogP contribution in [-0.2, 0) is 6.54 Å². The molecular formula is C13H14N4O. The van der Waals surface area contributed by atoms with Crippen molar-refractivity contribution >= 4 is 12.2 Å². The molecular weight excluding hydrogens is 228 g/mol. The number of hydrogen-bond acceptors (Lipinski definition) is 4. The van der Waals surface area contributed by atoms with Gasteiger partial charge in [0.05, 0.1) is 6.21 Å². The van der Waals surface area contributed by atoms with Crippen molar-refractivity contribution in [2.75, 3.05) is 5.43 Å². The minimum Gasteiger partial charge on any atom is -0.278 e. The van der Waals surface area contributed by atoms with E-state index in [2.05, 4.69) is 15.5 Å². The van der Waals surface area contributed by atoms with E-state index in [1.165, 1.54) is 16.8 Å². The van der Waals surface area contributed by atoms with Crippen LogP contribution in [-0.4, -0.2) is 15.8 Å². The first-order valence-electron chi connectivity index (χ1n) is 5.71. The molecule has 1 aromatic carbocycles. The van der Waals surface area contributed by atoms with Gasteiger partial charge in [-0.15, -0.1) is 0 Å². The van der Waals surface area contributed by atoms with Gasteiger partial charge in [0.2, 0.25) is 5.95 Å². The van der Waals surface area contributed by atoms with Gasteiger partial charge in [0.25, 0.3) is 5.56 Å².